The van der Waals surface area contributed by atoms with Crippen molar-refractivity contribution in [2.75, 3.05) is 6.61 Å². The van der Waals surface area contributed by atoms with Crippen LogP contribution in [0.5, 0.6) is 0 Å². The Morgan fingerprint density at radius 1 is 1.07 bits per heavy atom. The van der Waals surface area contributed by atoms with Crippen LogP contribution in [-0.2, 0) is 27.2 Å². The SMILES string of the molecule is Cc1nc2c(c(C)c(C)n2CC2CC2)c(-c2ccc(Cl)cc2)c1[C@@H](OC(C)(C)C)C(=O)N1C(=O)OC[C@H]1Cc1ccccc1. The van der Waals surface area contributed by atoms with Gasteiger partial charge in [-0.3, -0.25) is 4.79 Å². The quantitative estimate of drug-likeness (QED) is 0.201. The number of carbonyl (C=O) groups excluding carboxylic acids is 2. The minimum Gasteiger partial charge on any atom is -0.447 e. The number of imide groups is 1. The molecular weight excluding hydrogens is 574 g/mol. The number of ether oxygens (including phenoxy) is 2. The molecule has 8 heteroatoms. The van der Waals surface area contributed by atoms with E-state index < -0.39 is 29.7 Å². The molecule has 2 aromatic carbocycles. The zero-order valence-corrected chi connectivity index (χ0v) is 27.1. The van der Waals surface area contributed by atoms with Gasteiger partial charge in [0, 0.05) is 39.5 Å². The maximum Gasteiger partial charge on any atom is 0.417 e. The van der Waals surface area contributed by atoms with Gasteiger partial charge in [0.05, 0.1) is 11.6 Å². The van der Waals surface area contributed by atoms with Crippen LogP contribution in [0.3, 0.4) is 0 Å². The number of carbonyl (C=O) groups is 2. The summed E-state index contributed by atoms with van der Waals surface area (Å²) >= 11 is 6.34. The van der Waals surface area contributed by atoms with Crippen LogP contribution in [0.2, 0.25) is 5.02 Å². The molecule has 230 valence electrons. The summed E-state index contributed by atoms with van der Waals surface area (Å²) in [6, 6.07) is 17.1. The van der Waals surface area contributed by atoms with Crippen LogP contribution in [0.25, 0.3) is 22.2 Å². The number of halogens is 1. The molecule has 2 fully saturated rings. The minimum absolute atomic E-state index is 0.129. The summed E-state index contributed by atoms with van der Waals surface area (Å²) < 4.78 is 14.4. The lowest BCUT2D eigenvalue weighted by Gasteiger charge is -2.32. The van der Waals surface area contributed by atoms with Crippen LogP contribution in [0.15, 0.2) is 54.6 Å². The minimum atomic E-state index is -1.10. The summed E-state index contributed by atoms with van der Waals surface area (Å²) in [6.45, 7) is 13.0. The zero-order chi connectivity index (χ0) is 31.3. The van der Waals surface area contributed by atoms with Crippen molar-refractivity contribution in [1.29, 1.82) is 0 Å². The van der Waals surface area contributed by atoms with Gasteiger partial charge >= 0.3 is 6.09 Å². The second kappa shape index (κ2) is 11.7. The Morgan fingerprint density at radius 3 is 2.39 bits per heavy atom. The first kappa shape index (κ1) is 30.4. The Labute approximate surface area is 264 Å². The molecule has 2 amide bonds. The van der Waals surface area contributed by atoms with Crippen molar-refractivity contribution >= 4 is 34.6 Å². The maximum atomic E-state index is 14.7. The molecule has 1 saturated carbocycles. The summed E-state index contributed by atoms with van der Waals surface area (Å²) in [5.74, 6) is 0.209. The fourth-order valence-corrected chi connectivity index (χ4v) is 6.42. The Kier molecular flexibility index (Phi) is 8.05. The Morgan fingerprint density at radius 2 is 1.75 bits per heavy atom. The normalized spacial score (nSPS) is 17.8. The van der Waals surface area contributed by atoms with Crippen LogP contribution in [0.4, 0.5) is 4.79 Å². The maximum absolute atomic E-state index is 14.7. The van der Waals surface area contributed by atoms with E-state index in [4.69, 9.17) is 26.1 Å². The number of rotatable bonds is 8. The van der Waals surface area contributed by atoms with Crippen molar-refractivity contribution in [2.24, 2.45) is 5.92 Å². The van der Waals surface area contributed by atoms with Gasteiger partial charge in [0.1, 0.15) is 12.3 Å². The van der Waals surface area contributed by atoms with Crippen LogP contribution in [0, 0.1) is 26.7 Å². The summed E-state index contributed by atoms with van der Waals surface area (Å²) in [7, 11) is 0. The first-order valence-corrected chi connectivity index (χ1v) is 15.8. The Balaban J connectivity index is 1.55. The Hall–Kier alpha value is -3.68. The Bertz CT molecular complexity index is 1720. The monoisotopic (exact) mass is 613 g/mol. The summed E-state index contributed by atoms with van der Waals surface area (Å²) in [6.07, 6.45) is 1.19. The smallest absolute Gasteiger partial charge is 0.417 e. The van der Waals surface area contributed by atoms with E-state index in [2.05, 4.69) is 18.4 Å². The molecule has 0 spiro atoms. The highest BCUT2D eigenvalue weighted by Gasteiger charge is 2.44. The molecule has 7 nitrogen and oxygen atoms in total. The molecule has 1 aliphatic carbocycles. The van der Waals surface area contributed by atoms with Crippen LogP contribution in [-0.4, -0.2) is 44.7 Å². The summed E-state index contributed by atoms with van der Waals surface area (Å²) in [4.78, 5) is 34.4. The van der Waals surface area contributed by atoms with E-state index in [9.17, 15) is 9.59 Å². The van der Waals surface area contributed by atoms with Crippen LogP contribution < -0.4 is 0 Å². The van der Waals surface area contributed by atoms with Gasteiger partial charge in [-0.1, -0.05) is 54.1 Å². The third-order valence-electron chi connectivity index (χ3n) is 8.73. The number of hydrogen-bond acceptors (Lipinski definition) is 5. The highest BCUT2D eigenvalue weighted by atomic mass is 35.5. The zero-order valence-electron chi connectivity index (χ0n) is 26.3. The van der Waals surface area contributed by atoms with Gasteiger partial charge in [0.2, 0.25) is 0 Å². The average Bonchev–Trinajstić information content (AvgIpc) is 3.69. The largest absolute Gasteiger partial charge is 0.447 e. The second-order valence-corrected chi connectivity index (χ2v) is 13.6. The van der Waals surface area contributed by atoms with Crippen molar-refractivity contribution in [2.45, 2.75) is 85.1 Å². The first-order valence-electron chi connectivity index (χ1n) is 15.4. The van der Waals surface area contributed by atoms with E-state index in [0.717, 1.165) is 45.5 Å². The van der Waals surface area contributed by atoms with Gasteiger partial charge in [-0.15, -0.1) is 0 Å². The predicted molar refractivity (Wildman–Crippen MR) is 173 cm³/mol. The second-order valence-electron chi connectivity index (χ2n) is 13.2. The lowest BCUT2D eigenvalue weighted by Crippen LogP contribution is -2.45. The van der Waals surface area contributed by atoms with E-state index in [1.54, 1.807) is 0 Å². The molecule has 0 bridgehead atoms. The molecule has 3 heterocycles. The number of aromatic nitrogens is 2. The first-order chi connectivity index (χ1) is 20.9. The number of amides is 2. The molecule has 0 radical (unpaired) electrons. The third kappa shape index (κ3) is 5.87. The molecule has 0 N–H and O–H groups in total. The molecular formula is C36H40ClN3O4. The number of fused-ring (bicyclic) bond motifs is 1. The number of nitrogens with zero attached hydrogens (tertiary/aromatic N) is 3. The molecule has 0 unspecified atom stereocenters. The number of benzene rings is 2. The van der Waals surface area contributed by atoms with E-state index >= 15 is 0 Å². The van der Waals surface area contributed by atoms with Gasteiger partial charge in [0.15, 0.2) is 6.10 Å². The van der Waals surface area contributed by atoms with E-state index in [1.807, 2.05) is 82.3 Å². The van der Waals surface area contributed by atoms with E-state index in [0.29, 0.717) is 28.6 Å². The van der Waals surface area contributed by atoms with E-state index in [1.165, 1.54) is 17.7 Å². The highest BCUT2D eigenvalue weighted by molar-refractivity contribution is 6.30. The van der Waals surface area contributed by atoms with Crippen LogP contribution >= 0.6 is 11.6 Å². The molecule has 1 saturated heterocycles. The van der Waals surface area contributed by atoms with Crippen molar-refractivity contribution in [3.8, 4) is 11.1 Å². The molecule has 2 atom stereocenters. The third-order valence-corrected chi connectivity index (χ3v) is 8.98. The number of pyridine rings is 1. The molecule has 1 aliphatic heterocycles. The fourth-order valence-electron chi connectivity index (χ4n) is 6.29. The summed E-state index contributed by atoms with van der Waals surface area (Å²) in [5.41, 5.74) is 6.63. The molecule has 2 aliphatic rings. The van der Waals surface area contributed by atoms with Crippen molar-refractivity contribution in [3.05, 3.63) is 87.7 Å². The number of hydrogen-bond donors (Lipinski definition) is 0. The molecule has 4 aromatic rings. The molecule has 6 rings (SSSR count). The number of aryl methyl sites for hydroxylation is 2. The lowest BCUT2D eigenvalue weighted by atomic mass is 9.90. The lowest BCUT2D eigenvalue weighted by molar-refractivity contribution is -0.152. The fraction of sp³-hybridized carbons (Fsp3) is 0.417. The summed E-state index contributed by atoms with van der Waals surface area (Å²) in [5, 5.41) is 1.62. The predicted octanol–water partition coefficient (Wildman–Crippen LogP) is 8.14. The van der Waals surface area contributed by atoms with Gasteiger partial charge in [0.25, 0.3) is 5.91 Å². The van der Waals surface area contributed by atoms with Gasteiger partial charge < -0.3 is 14.0 Å². The van der Waals surface area contributed by atoms with Gasteiger partial charge in [-0.05, 0) is 95.5 Å². The highest BCUT2D eigenvalue weighted by Crippen LogP contribution is 2.44. The van der Waals surface area contributed by atoms with Crippen molar-refractivity contribution in [1.82, 2.24) is 14.5 Å². The van der Waals surface area contributed by atoms with Crippen molar-refractivity contribution < 1.29 is 19.1 Å². The number of cyclic esters (lactones) is 1. The van der Waals surface area contributed by atoms with E-state index in [-0.39, 0.29) is 6.61 Å². The molecule has 44 heavy (non-hydrogen) atoms. The standard InChI is InChI=1S/C36H40ClN3O4/c1-21-23(3)39(19-25-12-13-25)33-29(21)31(26-14-16-27(37)17-15-26)30(22(2)38-33)32(44-36(4,5)6)34(41)40-28(20-43-35(40)42)18-24-10-8-7-9-11-24/h7-11,14-17,25,28,32H,12-13,18-20H2,1-6H3/t28-,32-/m1/s1. The van der Waals surface area contributed by atoms with Gasteiger partial charge in [-0.25, -0.2) is 14.7 Å². The van der Waals surface area contributed by atoms with Crippen molar-refractivity contribution in [3.63, 3.8) is 0 Å². The average molecular weight is 614 g/mol. The van der Waals surface area contributed by atoms with Gasteiger partial charge in [-0.2, -0.15) is 0 Å². The van der Waals surface area contributed by atoms with Crippen LogP contribution in [0.1, 0.15) is 67.8 Å². The molecule has 2 aromatic heterocycles. The topological polar surface area (TPSA) is 73.7 Å².